The van der Waals surface area contributed by atoms with Crippen LogP contribution in [-0.2, 0) is 6.42 Å². The van der Waals surface area contributed by atoms with Crippen molar-refractivity contribution in [2.75, 3.05) is 13.1 Å². The maximum Gasteiger partial charge on any atom is 0.144 e. The third kappa shape index (κ3) is 5.49. The molecule has 29 heavy (non-hydrogen) atoms. The van der Waals surface area contributed by atoms with Gasteiger partial charge in [-0.25, -0.2) is 4.39 Å². The third-order valence-corrected chi connectivity index (χ3v) is 5.43. The molecule has 2 aromatic heterocycles. The summed E-state index contributed by atoms with van der Waals surface area (Å²) < 4.78 is 13.9. The van der Waals surface area contributed by atoms with E-state index in [1.54, 1.807) is 6.07 Å². The minimum Gasteiger partial charge on any atom is -0.373 e. The lowest BCUT2D eigenvalue weighted by Crippen LogP contribution is -2.29. The van der Waals surface area contributed by atoms with E-state index in [1.165, 1.54) is 5.57 Å². The highest BCUT2D eigenvalue weighted by Crippen LogP contribution is 2.24. The molecular weight excluding hydrogens is 363 g/mol. The molecule has 0 amide bonds. The first-order valence-corrected chi connectivity index (χ1v) is 10.4. The zero-order chi connectivity index (χ0) is 21.0. The Morgan fingerprint density at radius 1 is 1.07 bits per heavy atom. The van der Waals surface area contributed by atoms with E-state index in [-0.39, 0.29) is 11.7 Å². The Labute approximate surface area is 173 Å². The summed E-state index contributed by atoms with van der Waals surface area (Å²) in [4.78, 5) is 15.8. The van der Waals surface area contributed by atoms with Gasteiger partial charge in [0, 0.05) is 37.1 Å². The molecule has 0 aliphatic carbocycles. The second kappa shape index (κ2) is 9.29. The molecule has 0 saturated carbocycles. The molecule has 4 nitrogen and oxygen atoms in total. The number of rotatable bonds is 7. The third-order valence-electron chi connectivity index (χ3n) is 5.43. The van der Waals surface area contributed by atoms with Gasteiger partial charge in [-0.3, -0.25) is 15.0 Å². The summed E-state index contributed by atoms with van der Waals surface area (Å²) in [6, 6.07) is 3.36. The minimum absolute atomic E-state index is 0.0870. The topological polar surface area (TPSA) is 41.9 Å². The molecule has 0 N–H and O–H groups in total. The molecule has 3 rings (SSSR count). The molecule has 0 aromatic carbocycles. The number of allylic oxidation sites excluding steroid dienone is 2. The average molecular weight is 395 g/mol. The van der Waals surface area contributed by atoms with E-state index in [1.807, 2.05) is 39.2 Å². The van der Waals surface area contributed by atoms with E-state index < -0.39 is 0 Å². The number of aryl methyl sites for hydroxylation is 1. The first-order chi connectivity index (χ1) is 13.8. The molecule has 0 fully saturated rings. The van der Waals surface area contributed by atoms with Crippen LogP contribution in [0.2, 0.25) is 0 Å². The fourth-order valence-corrected chi connectivity index (χ4v) is 3.64. The first-order valence-electron chi connectivity index (χ1n) is 10.4. The molecule has 2 aromatic rings. The molecule has 0 spiro atoms. The zero-order valence-electron chi connectivity index (χ0n) is 18.1. The van der Waals surface area contributed by atoms with Gasteiger partial charge in [0.1, 0.15) is 5.82 Å². The van der Waals surface area contributed by atoms with E-state index in [0.29, 0.717) is 17.5 Å². The molecule has 2 atom stereocenters. The van der Waals surface area contributed by atoms with Gasteiger partial charge in [0.2, 0.25) is 0 Å². The molecule has 3 heterocycles. The number of nitrogens with zero attached hydrogens (tertiary/aromatic N) is 4. The molecule has 1 aliphatic heterocycles. The fourth-order valence-electron chi connectivity index (χ4n) is 3.64. The quantitative estimate of drug-likeness (QED) is 0.649. The summed E-state index contributed by atoms with van der Waals surface area (Å²) in [6.07, 6.45) is 11.0. The van der Waals surface area contributed by atoms with Crippen LogP contribution in [0, 0.1) is 18.7 Å². The van der Waals surface area contributed by atoms with Crippen LogP contribution in [0.5, 0.6) is 0 Å². The van der Waals surface area contributed by atoms with Crippen molar-refractivity contribution in [3.05, 3.63) is 77.0 Å². The molecule has 0 radical (unpaired) electrons. The molecular formula is C24H31FN4. The number of halogens is 1. The Morgan fingerprint density at radius 2 is 1.86 bits per heavy atom. The van der Waals surface area contributed by atoms with Crippen LogP contribution >= 0.6 is 0 Å². The second-order valence-corrected chi connectivity index (χ2v) is 8.43. The number of hydrogen-bond acceptors (Lipinski definition) is 4. The Hall–Kier alpha value is -2.56. The van der Waals surface area contributed by atoms with Gasteiger partial charge < -0.3 is 4.90 Å². The predicted octanol–water partition coefficient (Wildman–Crippen LogP) is 5.18. The molecule has 154 valence electrons. The Morgan fingerprint density at radius 3 is 2.55 bits per heavy atom. The van der Waals surface area contributed by atoms with Crippen LogP contribution in [0.4, 0.5) is 4.39 Å². The number of pyridine rings is 1. The van der Waals surface area contributed by atoms with Crippen molar-refractivity contribution in [1.82, 2.24) is 19.9 Å². The van der Waals surface area contributed by atoms with Gasteiger partial charge in [-0.1, -0.05) is 33.8 Å². The average Bonchev–Trinajstić information content (AvgIpc) is 2.70. The SMILES string of the molecule is Cc1cnc(C(C)CN2C=CC=C(C(C)Cc3ccc(F)c(C(C)C)n3)C2)cn1. The minimum atomic E-state index is -0.212. The monoisotopic (exact) mass is 394 g/mol. The highest BCUT2D eigenvalue weighted by molar-refractivity contribution is 5.24. The van der Waals surface area contributed by atoms with E-state index in [0.717, 1.165) is 36.6 Å². The summed E-state index contributed by atoms with van der Waals surface area (Å²) in [5.74, 6) is 0.518. The van der Waals surface area contributed by atoms with Crippen LogP contribution in [0.3, 0.4) is 0 Å². The summed E-state index contributed by atoms with van der Waals surface area (Å²) in [5, 5.41) is 0. The van der Waals surface area contributed by atoms with E-state index in [4.69, 9.17) is 0 Å². The van der Waals surface area contributed by atoms with E-state index in [9.17, 15) is 4.39 Å². The predicted molar refractivity (Wildman–Crippen MR) is 115 cm³/mol. The van der Waals surface area contributed by atoms with Gasteiger partial charge in [0.05, 0.1) is 17.1 Å². The molecule has 2 unspecified atom stereocenters. The maximum atomic E-state index is 13.9. The van der Waals surface area contributed by atoms with Gasteiger partial charge >= 0.3 is 0 Å². The number of aromatic nitrogens is 3. The highest BCUT2D eigenvalue weighted by Gasteiger charge is 2.19. The normalized spacial score (nSPS) is 16.1. The zero-order valence-corrected chi connectivity index (χ0v) is 18.1. The van der Waals surface area contributed by atoms with Gasteiger partial charge in [0.25, 0.3) is 0 Å². The van der Waals surface area contributed by atoms with Crippen LogP contribution in [-0.4, -0.2) is 32.9 Å². The van der Waals surface area contributed by atoms with Crippen LogP contribution in [0.15, 0.2) is 48.5 Å². The Bertz CT molecular complexity index is 886. The van der Waals surface area contributed by atoms with Gasteiger partial charge in [-0.05, 0) is 55.2 Å². The van der Waals surface area contributed by atoms with Crippen LogP contribution in [0.1, 0.15) is 62.3 Å². The fraction of sp³-hybridized carbons (Fsp3) is 0.458. The van der Waals surface area contributed by atoms with E-state index >= 15 is 0 Å². The van der Waals surface area contributed by atoms with Crippen molar-refractivity contribution >= 4 is 0 Å². The van der Waals surface area contributed by atoms with Gasteiger partial charge in [-0.15, -0.1) is 0 Å². The highest BCUT2D eigenvalue weighted by atomic mass is 19.1. The molecule has 0 saturated heterocycles. The van der Waals surface area contributed by atoms with Crippen molar-refractivity contribution in [2.24, 2.45) is 5.92 Å². The number of hydrogen-bond donors (Lipinski definition) is 0. The summed E-state index contributed by atoms with van der Waals surface area (Å²) >= 11 is 0. The maximum absolute atomic E-state index is 13.9. The summed E-state index contributed by atoms with van der Waals surface area (Å²) in [7, 11) is 0. The second-order valence-electron chi connectivity index (χ2n) is 8.43. The van der Waals surface area contributed by atoms with Gasteiger partial charge in [-0.2, -0.15) is 0 Å². The van der Waals surface area contributed by atoms with Crippen molar-refractivity contribution < 1.29 is 4.39 Å². The standard InChI is InChI=1S/C24H31FN4/c1-16(2)24-22(25)9-8-21(28-24)11-17(3)20-7-6-10-29(15-20)14-18(4)23-13-26-19(5)12-27-23/h6-10,12-13,16-18H,11,14-15H2,1-5H3. The van der Waals surface area contributed by atoms with Crippen molar-refractivity contribution in [2.45, 2.75) is 52.9 Å². The molecule has 0 bridgehead atoms. The Kier molecular flexibility index (Phi) is 6.78. The largest absolute Gasteiger partial charge is 0.373 e. The van der Waals surface area contributed by atoms with Crippen molar-refractivity contribution in [1.29, 1.82) is 0 Å². The first kappa shape index (κ1) is 21.2. The molecule has 5 heteroatoms. The van der Waals surface area contributed by atoms with Crippen molar-refractivity contribution in [3.8, 4) is 0 Å². The van der Waals surface area contributed by atoms with Crippen LogP contribution < -0.4 is 0 Å². The van der Waals surface area contributed by atoms with Crippen molar-refractivity contribution in [3.63, 3.8) is 0 Å². The smallest absolute Gasteiger partial charge is 0.144 e. The lowest BCUT2D eigenvalue weighted by molar-refractivity contribution is 0.361. The van der Waals surface area contributed by atoms with Crippen LogP contribution in [0.25, 0.3) is 0 Å². The lowest BCUT2D eigenvalue weighted by Gasteiger charge is -2.29. The summed E-state index contributed by atoms with van der Waals surface area (Å²) in [5.41, 5.74) is 4.83. The Balaban J connectivity index is 1.61. The lowest BCUT2D eigenvalue weighted by atomic mass is 9.93. The summed E-state index contributed by atoms with van der Waals surface area (Å²) in [6.45, 7) is 12.1. The van der Waals surface area contributed by atoms with E-state index in [2.05, 4.69) is 52.1 Å². The van der Waals surface area contributed by atoms with Gasteiger partial charge in [0.15, 0.2) is 0 Å². The molecule has 1 aliphatic rings.